The highest BCUT2D eigenvalue weighted by Crippen LogP contribution is 2.22. The van der Waals surface area contributed by atoms with Gasteiger partial charge in [-0.15, -0.1) is 5.10 Å². The van der Waals surface area contributed by atoms with Gasteiger partial charge in [-0.05, 0) is 41.6 Å². The molecule has 2 aromatic heterocycles. The molecule has 4 aromatic rings. The minimum Gasteiger partial charge on any atom is -0.408 e. The number of fused-ring (bicyclic) bond motifs is 1. The van der Waals surface area contributed by atoms with Crippen LogP contribution in [0, 0.1) is 0 Å². The molecule has 0 aliphatic carbocycles. The molecule has 1 N–H and O–H groups in total. The molecule has 0 unspecified atom stereocenters. The van der Waals surface area contributed by atoms with Crippen LogP contribution in [0.15, 0.2) is 57.7 Å². The van der Waals surface area contributed by atoms with Gasteiger partial charge in [0.2, 0.25) is 0 Å². The second kappa shape index (κ2) is 5.90. The number of oxazole rings is 1. The van der Waals surface area contributed by atoms with Gasteiger partial charge in [-0.2, -0.15) is 4.68 Å². The maximum atomic E-state index is 11.6. The Balaban J connectivity index is 1.64. The van der Waals surface area contributed by atoms with Crippen molar-refractivity contribution in [2.24, 2.45) is 7.05 Å². The van der Waals surface area contributed by atoms with Crippen LogP contribution in [0.25, 0.3) is 16.8 Å². The SMILES string of the molecule is C[C@@H](Nc1ccc2c(c1)oc(=O)n2C)c1nnnn1-c1ccccc1. The Labute approximate surface area is 142 Å². The molecule has 1 atom stereocenters. The first-order chi connectivity index (χ1) is 12.1. The van der Waals surface area contributed by atoms with Gasteiger partial charge in [0.05, 0.1) is 17.2 Å². The fourth-order valence-electron chi connectivity index (χ4n) is 2.76. The maximum absolute atomic E-state index is 11.6. The molecule has 0 aliphatic heterocycles. The lowest BCUT2D eigenvalue weighted by Gasteiger charge is -2.14. The van der Waals surface area contributed by atoms with E-state index in [1.165, 1.54) is 4.57 Å². The second-order valence-electron chi connectivity index (χ2n) is 5.76. The van der Waals surface area contributed by atoms with Gasteiger partial charge in [-0.1, -0.05) is 18.2 Å². The minimum absolute atomic E-state index is 0.150. The molecule has 8 nitrogen and oxygen atoms in total. The molecule has 0 amide bonds. The Morgan fingerprint density at radius 1 is 1.16 bits per heavy atom. The van der Waals surface area contributed by atoms with E-state index >= 15 is 0 Å². The average Bonchev–Trinajstić information content (AvgIpc) is 3.21. The molecule has 8 heteroatoms. The molecule has 0 aliphatic rings. The van der Waals surface area contributed by atoms with Gasteiger partial charge in [0.15, 0.2) is 11.4 Å². The van der Waals surface area contributed by atoms with E-state index in [0.29, 0.717) is 11.4 Å². The third-order valence-electron chi connectivity index (χ3n) is 4.06. The molecule has 2 aromatic carbocycles. The first-order valence-corrected chi connectivity index (χ1v) is 7.83. The van der Waals surface area contributed by atoms with Gasteiger partial charge in [0.1, 0.15) is 0 Å². The number of nitrogens with one attached hydrogen (secondary N) is 1. The van der Waals surface area contributed by atoms with Crippen LogP contribution in [0.2, 0.25) is 0 Å². The van der Waals surface area contributed by atoms with Crippen molar-refractivity contribution < 1.29 is 4.42 Å². The monoisotopic (exact) mass is 336 g/mol. The summed E-state index contributed by atoms with van der Waals surface area (Å²) in [6.07, 6.45) is 0. The predicted molar refractivity (Wildman–Crippen MR) is 92.6 cm³/mol. The van der Waals surface area contributed by atoms with Crippen molar-refractivity contribution in [1.29, 1.82) is 0 Å². The van der Waals surface area contributed by atoms with E-state index in [0.717, 1.165) is 16.9 Å². The Kier molecular flexibility index (Phi) is 3.57. The Morgan fingerprint density at radius 3 is 2.76 bits per heavy atom. The summed E-state index contributed by atoms with van der Waals surface area (Å²) in [5.41, 5.74) is 2.99. The van der Waals surface area contributed by atoms with Gasteiger partial charge < -0.3 is 9.73 Å². The summed E-state index contributed by atoms with van der Waals surface area (Å²) >= 11 is 0. The lowest BCUT2D eigenvalue weighted by molar-refractivity contribution is 0.528. The first-order valence-electron chi connectivity index (χ1n) is 7.83. The minimum atomic E-state index is -0.381. The Hall–Kier alpha value is -3.42. The summed E-state index contributed by atoms with van der Waals surface area (Å²) in [5, 5.41) is 15.3. The van der Waals surface area contributed by atoms with Crippen LogP contribution < -0.4 is 11.1 Å². The van der Waals surface area contributed by atoms with Crippen molar-refractivity contribution >= 4 is 16.8 Å². The van der Waals surface area contributed by atoms with Crippen LogP contribution in [-0.4, -0.2) is 24.8 Å². The van der Waals surface area contributed by atoms with Crippen LogP contribution >= 0.6 is 0 Å². The maximum Gasteiger partial charge on any atom is 0.419 e. The third kappa shape index (κ3) is 2.67. The quantitative estimate of drug-likeness (QED) is 0.615. The van der Waals surface area contributed by atoms with Crippen LogP contribution in [0.4, 0.5) is 5.69 Å². The van der Waals surface area contributed by atoms with Crippen LogP contribution in [0.1, 0.15) is 18.8 Å². The highest BCUT2D eigenvalue weighted by Gasteiger charge is 2.16. The fraction of sp³-hybridized carbons (Fsp3) is 0.176. The van der Waals surface area contributed by atoms with Gasteiger partial charge in [0, 0.05) is 18.8 Å². The molecule has 0 radical (unpaired) electrons. The number of hydrogen-bond acceptors (Lipinski definition) is 6. The average molecular weight is 336 g/mol. The Morgan fingerprint density at radius 2 is 1.96 bits per heavy atom. The lowest BCUT2D eigenvalue weighted by Crippen LogP contribution is -2.13. The van der Waals surface area contributed by atoms with Gasteiger partial charge in [0.25, 0.3) is 0 Å². The molecule has 0 fully saturated rings. The van der Waals surface area contributed by atoms with E-state index in [2.05, 4.69) is 20.8 Å². The number of nitrogens with zero attached hydrogens (tertiary/aromatic N) is 5. The van der Waals surface area contributed by atoms with Crippen molar-refractivity contribution in [3.05, 3.63) is 64.9 Å². The molecule has 2 heterocycles. The lowest BCUT2D eigenvalue weighted by atomic mass is 10.2. The summed E-state index contributed by atoms with van der Waals surface area (Å²) in [6, 6.07) is 15.1. The third-order valence-corrected chi connectivity index (χ3v) is 4.06. The van der Waals surface area contributed by atoms with Gasteiger partial charge >= 0.3 is 5.76 Å². The number of aromatic nitrogens is 5. The van der Waals surface area contributed by atoms with Gasteiger partial charge in [-0.25, -0.2) is 4.79 Å². The van der Waals surface area contributed by atoms with E-state index in [1.54, 1.807) is 17.8 Å². The van der Waals surface area contributed by atoms with Crippen molar-refractivity contribution in [2.45, 2.75) is 13.0 Å². The summed E-state index contributed by atoms with van der Waals surface area (Å²) < 4.78 is 8.39. The predicted octanol–water partition coefficient (Wildman–Crippen LogP) is 2.28. The van der Waals surface area contributed by atoms with Crippen molar-refractivity contribution in [3.8, 4) is 5.69 Å². The van der Waals surface area contributed by atoms with E-state index < -0.39 is 0 Å². The van der Waals surface area contributed by atoms with E-state index in [9.17, 15) is 4.79 Å². The summed E-state index contributed by atoms with van der Waals surface area (Å²) in [5.74, 6) is 0.300. The van der Waals surface area contributed by atoms with Crippen LogP contribution in [-0.2, 0) is 7.05 Å². The molecule has 25 heavy (non-hydrogen) atoms. The number of benzene rings is 2. The van der Waals surface area contributed by atoms with Crippen LogP contribution in [0.3, 0.4) is 0 Å². The molecule has 0 spiro atoms. The smallest absolute Gasteiger partial charge is 0.408 e. The molecule has 126 valence electrons. The van der Waals surface area contributed by atoms with Crippen molar-refractivity contribution in [2.75, 3.05) is 5.32 Å². The van der Waals surface area contributed by atoms with Crippen molar-refractivity contribution in [3.63, 3.8) is 0 Å². The fourth-order valence-corrected chi connectivity index (χ4v) is 2.76. The number of anilines is 1. The zero-order valence-electron chi connectivity index (χ0n) is 13.7. The molecule has 0 saturated carbocycles. The zero-order chi connectivity index (χ0) is 17.4. The van der Waals surface area contributed by atoms with E-state index in [-0.39, 0.29) is 11.8 Å². The number of aryl methyl sites for hydroxylation is 1. The molecule has 0 bridgehead atoms. The number of tetrazole rings is 1. The molecular weight excluding hydrogens is 320 g/mol. The highest BCUT2D eigenvalue weighted by atomic mass is 16.4. The normalized spacial score (nSPS) is 12.4. The van der Waals surface area contributed by atoms with Crippen LogP contribution in [0.5, 0.6) is 0 Å². The zero-order valence-corrected chi connectivity index (χ0v) is 13.7. The van der Waals surface area contributed by atoms with Gasteiger partial charge in [-0.3, -0.25) is 4.57 Å². The molecular formula is C17H16N6O2. The topological polar surface area (TPSA) is 90.8 Å². The second-order valence-corrected chi connectivity index (χ2v) is 5.76. The summed E-state index contributed by atoms with van der Waals surface area (Å²) in [7, 11) is 1.68. The molecule has 4 rings (SSSR count). The molecule has 0 saturated heterocycles. The van der Waals surface area contributed by atoms with E-state index in [4.69, 9.17) is 4.42 Å². The highest BCUT2D eigenvalue weighted by molar-refractivity contribution is 5.77. The number of para-hydroxylation sites is 1. The standard InChI is InChI=1S/C17H16N6O2/c1-11(16-19-20-21-23(16)13-6-4-3-5-7-13)18-12-8-9-14-15(10-12)25-17(24)22(14)2/h3-11,18H,1-2H3/t11-/m1/s1. The summed E-state index contributed by atoms with van der Waals surface area (Å²) in [6.45, 7) is 1.97. The van der Waals surface area contributed by atoms with E-state index in [1.807, 2.05) is 49.4 Å². The first kappa shape index (κ1) is 15.1. The van der Waals surface area contributed by atoms with Crippen molar-refractivity contribution in [1.82, 2.24) is 24.8 Å². The largest absolute Gasteiger partial charge is 0.419 e. The number of rotatable bonds is 4. The summed E-state index contributed by atoms with van der Waals surface area (Å²) in [4.78, 5) is 11.6. The Bertz CT molecular complexity index is 1080. The number of hydrogen-bond donors (Lipinski definition) is 1.